The van der Waals surface area contributed by atoms with Crippen LogP contribution in [0.5, 0.6) is 0 Å². The van der Waals surface area contributed by atoms with Crippen LogP contribution in [-0.2, 0) is 11.2 Å². The molecule has 5 nitrogen and oxygen atoms in total. The van der Waals surface area contributed by atoms with Crippen molar-refractivity contribution in [2.75, 3.05) is 5.32 Å². The normalized spacial score (nSPS) is 14.0. The Kier molecular flexibility index (Phi) is 4.79. The van der Waals surface area contributed by atoms with Crippen LogP contribution in [0.2, 0.25) is 0 Å². The minimum atomic E-state index is -0.308. The molecule has 1 fully saturated rings. The van der Waals surface area contributed by atoms with E-state index in [9.17, 15) is 9.18 Å². The van der Waals surface area contributed by atoms with Gasteiger partial charge in [0.2, 0.25) is 11.9 Å². The Labute approximate surface area is 145 Å². The van der Waals surface area contributed by atoms with Gasteiger partial charge in [0.25, 0.3) is 0 Å². The molecule has 1 N–H and O–H groups in total. The van der Waals surface area contributed by atoms with E-state index >= 15 is 0 Å². The summed E-state index contributed by atoms with van der Waals surface area (Å²) in [6.45, 7) is 0. The number of hydrogen-bond donors (Lipinski definition) is 1. The summed E-state index contributed by atoms with van der Waals surface area (Å²) in [5.41, 5.74) is 2.35. The van der Waals surface area contributed by atoms with Gasteiger partial charge in [0.15, 0.2) is 5.65 Å². The van der Waals surface area contributed by atoms with E-state index in [0.29, 0.717) is 12.0 Å². The lowest BCUT2D eigenvalue weighted by Crippen LogP contribution is -2.23. The van der Waals surface area contributed by atoms with E-state index in [1.54, 1.807) is 18.3 Å². The molecule has 1 aliphatic carbocycles. The van der Waals surface area contributed by atoms with Gasteiger partial charge in [-0.1, -0.05) is 19.6 Å². The zero-order valence-corrected chi connectivity index (χ0v) is 13.1. The van der Waals surface area contributed by atoms with Gasteiger partial charge in [-0.2, -0.15) is 0 Å². The van der Waals surface area contributed by atoms with E-state index in [4.69, 9.17) is 0 Å². The highest BCUT2D eigenvalue weighted by Gasteiger charge is 2.26. The predicted molar refractivity (Wildman–Crippen MR) is 95.9 cm³/mol. The molecule has 1 aromatic carbocycles. The molecule has 0 saturated heterocycles. The second kappa shape index (κ2) is 7.01. The van der Waals surface area contributed by atoms with E-state index in [2.05, 4.69) is 15.3 Å². The van der Waals surface area contributed by atoms with E-state index in [0.717, 1.165) is 29.6 Å². The van der Waals surface area contributed by atoms with Crippen molar-refractivity contribution in [2.24, 2.45) is 0 Å². The molecule has 25 heavy (non-hydrogen) atoms. The molecule has 6 heteroatoms. The molecule has 2 heterocycles. The number of hydrogen-bond acceptors (Lipinski definition) is 3. The summed E-state index contributed by atoms with van der Waals surface area (Å²) < 4.78 is 15.0. The third-order valence-corrected chi connectivity index (χ3v) is 4.42. The molecular weight excluding hydrogens is 319 g/mol. The zero-order valence-electron chi connectivity index (χ0n) is 13.1. The minimum Gasteiger partial charge on any atom is -0.296 e. The van der Waals surface area contributed by atoms with Crippen molar-refractivity contribution < 1.29 is 9.18 Å². The molecular formula is C19H21FN4O. The van der Waals surface area contributed by atoms with Crippen molar-refractivity contribution in [2.45, 2.75) is 39.2 Å². The van der Waals surface area contributed by atoms with Gasteiger partial charge in [0.05, 0.1) is 6.42 Å². The molecule has 0 spiro atoms. The topological polar surface area (TPSA) is 59.8 Å². The van der Waals surface area contributed by atoms with Crippen molar-refractivity contribution >= 4 is 23.0 Å². The molecule has 0 unspecified atom stereocenters. The Morgan fingerprint density at radius 3 is 2.68 bits per heavy atom. The van der Waals surface area contributed by atoms with E-state index in [1.165, 1.54) is 18.6 Å². The average Bonchev–Trinajstić information content (AvgIpc) is 2.86. The number of halogens is 1. The summed E-state index contributed by atoms with van der Waals surface area (Å²) in [5, 5.41) is 2.89. The molecule has 1 saturated carbocycles. The van der Waals surface area contributed by atoms with Crippen molar-refractivity contribution in [1.29, 1.82) is 0 Å². The largest absolute Gasteiger partial charge is 0.296 e. The predicted octanol–water partition coefficient (Wildman–Crippen LogP) is 4.11. The van der Waals surface area contributed by atoms with Gasteiger partial charge in [-0.3, -0.25) is 14.7 Å². The third kappa shape index (κ3) is 3.38. The van der Waals surface area contributed by atoms with Gasteiger partial charge >= 0.3 is 0 Å². The first-order valence-corrected chi connectivity index (χ1v) is 8.08. The number of pyridine rings is 1. The number of carbonyl (C=O) groups excluding carboxylic acids is 1. The van der Waals surface area contributed by atoms with Crippen molar-refractivity contribution in [1.82, 2.24) is 14.5 Å². The summed E-state index contributed by atoms with van der Waals surface area (Å²) in [5.74, 6) is 0.0648. The summed E-state index contributed by atoms with van der Waals surface area (Å²) >= 11 is 0. The Balaban J connectivity index is 0.00000182. The van der Waals surface area contributed by atoms with Gasteiger partial charge in [0, 0.05) is 12.2 Å². The lowest BCUT2D eigenvalue weighted by atomic mass is 9.93. The summed E-state index contributed by atoms with van der Waals surface area (Å²) in [4.78, 5) is 21.3. The van der Waals surface area contributed by atoms with Crippen LogP contribution in [0.1, 0.15) is 38.3 Å². The van der Waals surface area contributed by atoms with Crippen molar-refractivity contribution in [3.8, 4) is 0 Å². The van der Waals surface area contributed by atoms with Crippen LogP contribution in [-0.4, -0.2) is 20.4 Å². The maximum atomic E-state index is 13.0. The summed E-state index contributed by atoms with van der Waals surface area (Å²) in [7, 11) is 0. The maximum absolute atomic E-state index is 13.0. The number of anilines is 1. The van der Waals surface area contributed by atoms with Crippen LogP contribution in [0.25, 0.3) is 11.2 Å². The third-order valence-electron chi connectivity index (χ3n) is 4.42. The van der Waals surface area contributed by atoms with Gasteiger partial charge in [-0.05, 0) is 49.1 Å². The molecule has 0 radical (unpaired) electrons. The Bertz CT molecular complexity index is 884. The molecule has 130 valence electrons. The van der Waals surface area contributed by atoms with Crippen LogP contribution in [0.3, 0.4) is 0 Å². The number of carbonyl (C=O) groups is 1. The van der Waals surface area contributed by atoms with Crippen LogP contribution in [0, 0.1) is 5.82 Å². The van der Waals surface area contributed by atoms with Crippen molar-refractivity contribution in [3.05, 3.63) is 54.0 Å². The first-order chi connectivity index (χ1) is 11.7. The molecule has 2 aromatic heterocycles. The number of fused-ring (bicyclic) bond motifs is 1. The molecule has 1 amide bonds. The minimum absolute atomic E-state index is 0. The zero-order chi connectivity index (χ0) is 16.5. The second-order valence-electron chi connectivity index (χ2n) is 6.09. The Morgan fingerprint density at radius 2 is 2.00 bits per heavy atom. The van der Waals surface area contributed by atoms with E-state index in [1.807, 2.05) is 16.7 Å². The SMILES string of the molecule is C.O=C(Cc1ccc(F)cc1)Nc1nc2cccnc2n1C1CCC1. The smallest absolute Gasteiger partial charge is 0.231 e. The van der Waals surface area contributed by atoms with Gasteiger partial charge < -0.3 is 0 Å². The molecule has 0 atom stereocenters. The monoisotopic (exact) mass is 340 g/mol. The van der Waals surface area contributed by atoms with Crippen LogP contribution < -0.4 is 5.32 Å². The van der Waals surface area contributed by atoms with Crippen LogP contribution in [0.15, 0.2) is 42.6 Å². The Morgan fingerprint density at radius 1 is 1.24 bits per heavy atom. The second-order valence-corrected chi connectivity index (χ2v) is 6.09. The van der Waals surface area contributed by atoms with Gasteiger partial charge in [-0.25, -0.2) is 14.4 Å². The van der Waals surface area contributed by atoms with Gasteiger partial charge in [-0.15, -0.1) is 0 Å². The van der Waals surface area contributed by atoms with Crippen molar-refractivity contribution in [3.63, 3.8) is 0 Å². The average molecular weight is 340 g/mol. The molecule has 0 bridgehead atoms. The van der Waals surface area contributed by atoms with Crippen LogP contribution >= 0.6 is 0 Å². The quantitative estimate of drug-likeness (QED) is 0.777. The number of rotatable bonds is 4. The fraction of sp³-hybridized carbons (Fsp3) is 0.316. The van der Waals surface area contributed by atoms with Gasteiger partial charge in [0.1, 0.15) is 11.3 Å². The molecule has 1 aliphatic rings. The molecule has 4 rings (SSSR count). The number of aromatic nitrogens is 3. The maximum Gasteiger partial charge on any atom is 0.231 e. The van der Waals surface area contributed by atoms with E-state index < -0.39 is 0 Å². The fourth-order valence-electron chi connectivity index (χ4n) is 2.97. The highest BCUT2D eigenvalue weighted by Crippen LogP contribution is 2.36. The number of nitrogens with one attached hydrogen (secondary N) is 1. The summed E-state index contributed by atoms with van der Waals surface area (Å²) in [6, 6.07) is 10.0. The highest BCUT2D eigenvalue weighted by molar-refractivity contribution is 5.92. The standard InChI is InChI=1S/C18H17FN4O.CH4/c19-13-8-6-12(7-9-13)11-16(24)22-18-21-15-5-2-10-20-17(15)23(18)14-3-1-4-14;/h2,5-10,14H,1,3-4,11H2,(H,21,22,24);1H4. The first kappa shape index (κ1) is 17.1. The molecule has 0 aliphatic heterocycles. The van der Waals surface area contributed by atoms with E-state index in [-0.39, 0.29) is 25.6 Å². The summed E-state index contributed by atoms with van der Waals surface area (Å²) in [6.07, 6.45) is 5.25. The number of benzene rings is 1. The number of nitrogens with zero attached hydrogens (tertiary/aromatic N) is 3. The lowest BCUT2D eigenvalue weighted by Gasteiger charge is -2.28. The molecule has 3 aromatic rings. The van der Waals surface area contributed by atoms with Crippen LogP contribution in [0.4, 0.5) is 10.3 Å². The Hall–Kier alpha value is -2.76. The number of amides is 1. The number of imidazole rings is 1. The fourth-order valence-corrected chi connectivity index (χ4v) is 2.97. The lowest BCUT2D eigenvalue weighted by molar-refractivity contribution is -0.115. The first-order valence-electron chi connectivity index (χ1n) is 8.08. The highest BCUT2D eigenvalue weighted by atomic mass is 19.1.